The predicted molar refractivity (Wildman–Crippen MR) is 152 cm³/mol. The van der Waals surface area contributed by atoms with E-state index in [4.69, 9.17) is 9.84 Å². The lowest BCUT2D eigenvalue weighted by Gasteiger charge is -2.57. The number of carboxylic acids is 1. The van der Waals surface area contributed by atoms with Crippen LogP contribution in [0.1, 0.15) is 86.6 Å². The van der Waals surface area contributed by atoms with E-state index in [-0.39, 0.29) is 12.0 Å². The van der Waals surface area contributed by atoms with Gasteiger partial charge in [0.2, 0.25) is 0 Å². The summed E-state index contributed by atoms with van der Waals surface area (Å²) < 4.78 is 6.59. The zero-order valence-electron chi connectivity index (χ0n) is 22.3. The van der Waals surface area contributed by atoms with Crippen molar-refractivity contribution in [3.63, 3.8) is 0 Å². The van der Waals surface area contributed by atoms with Gasteiger partial charge < -0.3 is 14.9 Å². The third-order valence-corrected chi connectivity index (χ3v) is 9.57. The van der Waals surface area contributed by atoms with Crippen LogP contribution in [0.5, 0.6) is 5.75 Å². The van der Waals surface area contributed by atoms with Crippen molar-refractivity contribution in [2.75, 3.05) is 13.2 Å². The first-order chi connectivity index (χ1) is 18.5. The van der Waals surface area contributed by atoms with Crippen molar-refractivity contribution in [1.29, 1.82) is 0 Å². The minimum atomic E-state index is -0.895. The molecule has 0 spiro atoms. The minimum absolute atomic E-state index is 0.249. The molecule has 4 aliphatic carbocycles. The molecule has 3 aromatic carbocycles. The van der Waals surface area contributed by atoms with Crippen LogP contribution in [-0.2, 0) is 5.41 Å². The van der Waals surface area contributed by atoms with Crippen molar-refractivity contribution in [3.8, 4) is 16.9 Å². The predicted octanol–water partition coefficient (Wildman–Crippen LogP) is 7.99. The van der Waals surface area contributed by atoms with Crippen molar-refractivity contribution < 1.29 is 19.7 Å². The number of ether oxygens (including phenoxy) is 1. The number of fused-ring (bicyclic) bond motifs is 1. The fourth-order valence-electron chi connectivity index (χ4n) is 8.16. The summed E-state index contributed by atoms with van der Waals surface area (Å²) >= 11 is 0. The largest absolute Gasteiger partial charge is 0.493 e. The smallest absolute Gasteiger partial charge is 0.335 e. The molecule has 0 unspecified atom stereocenters. The molecule has 2 N–H and O–H groups in total. The molecule has 4 nitrogen and oxygen atoms in total. The monoisotopic (exact) mass is 512 g/mol. The highest BCUT2D eigenvalue weighted by molar-refractivity contribution is 5.91. The maximum atomic E-state index is 11.3. The van der Waals surface area contributed by atoms with Crippen molar-refractivity contribution >= 4 is 16.7 Å². The summed E-state index contributed by atoms with van der Waals surface area (Å²) in [6.07, 6.45) is 13.5. The Morgan fingerprint density at radius 1 is 0.763 bits per heavy atom. The van der Waals surface area contributed by atoms with Gasteiger partial charge in [0.05, 0.1) is 12.2 Å². The molecular weight excluding hydrogens is 472 g/mol. The molecule has 0 aliphatic heterocycles. The summed E-state index contributed by atoms with van der Waals surface area (Å²) in [7, 11) is 0. The number of aliphatic hydroxyl groups excluding tert-OH is 1. The second-order valence-corrected chi connectivity index (χ2v) is 12.3. The Morgan fingerprint density at radius 2 is 1.39 bits per heavy atom. The number of unbranched alkanes of at least 4 members (excludes halogenated alkanes) is 4. The summed E-state index contributed by atoms with van der Waals surface area (Å²) in [5.41, 5.74) is 4.15. The molecule has 0 heterocycles. The number of aromatic carboxylic acids is 1. The summed E-state index contributed by atoms with van der Waals surface area (Å²) in [6.45, 7) is 1.04. The molecular formula is C34H40O4. The quantitative estimate of drug-likeness (QED) is 0.256. The average molecular weight is 513 g/mol. The SMILES string of the molecule is O=C(O)c1ccc(-c2ccc3cc(OCCCCCCCO)c(C45CC6CC(CC(C6)C4)C5)cc3c2)cc1. The van der Waals surface area contributed by atoms with Gasteiger partial charge in [0.1, 0.15) is 5.75 Å². The van der Waals surface area contributed by atoms with Crippen LogP contribution in [0.15, 0.2) is 54.6 Å². The van der Waals surface area contributed by atoms with Gasteiger partial charge in [0.15, 0.2) is 0 Å². The van der Waals surface area contributed by atoms with E-state index in [0.717, 1.165) is 73.3 Å². The zero-order chi connectivity index (χ0) is 26.1. The molecule has 0 radical (unpaired) electrons. The molecule has 0 saturated heterocycles. The van der Waals surface area contributed by atoms with Gasteiger partial charge in [0.25, 0.3) is 0 Å². The molecule has 7 rings (SSSR count). The van der Waals surface area contributed by atoms with Crippen molar-refractivity contribution in [2.45, 2.75) is 76.0 Å². The molecule has 4 saturated carbocycles. The van der Waals surface area contributed by atoms with Gasteiger partial charge >= 0.3 is 5.97 Å². The zero-order valence-corrected chi connectivity index (χ0v) is 22.3. The van der Waals surface area contributed by atoms with E-state index in [9.17, 15) is 9.90 Å². The maximum absolute atomic E-state index is 11.3. The van der Waals surface area contributed by atoms with E-state index in [0.29, 0.717) is 5.56 Å². The molecule has 4 heteroatoms. The highest BCUT2D eigenvalue weighted by Gasteiger charge is 2.52. The number of rotatable bonds is 11. The fourth-order valence-corrected chi connectivity index (χ4v) is 8.16. The molecule has 200 valence electrons. The van der Waals surface area contributed by atoms with Crippen LogP contribution in [0, 0.1) is 17.8 Å². The standard InChI is InChI=1S/C34H40O4/c35-12-4-2-1-3-5-13-38-32-19-29-11-10-28(26-6-8-27(9-7-26)33(36)37)17-30(29)18-31(32)34-20-23-14-24(21-34)16-25(15-23)22-34/h6-11,17-19,23-25,35H,1-5,12-16,20-22H2,(H,36,37). The highest BCUT2D eigenvalue weighted by Crippen LogP contribution is 2.62. The Kier molecular flexibility index (Phi) is 7.18. The van der Waals surface area contributed by atoms with Gasteiger partial charge in [0, 0.05) is 12.2 Å². The average Bonchev–Trinajstić information content (AvgIpc) is 2.91. The first-order valence-electron chi connectivity index (χ1n) is 14.7. The Hall–Kier alpha value is -2.85. The molecule has 4 bridgehead atoms. The van der Waals surface area contributed by atoms with Crippen LogP contribution < -0.4 is 4.74 Å². The summed E-state index contributed by atoms with van der Waals surface area (Å²) in [4.78, 5) is 11.3. The lowest BCUT2D eigenvalue weighted by atomic mass is 9.48. The van der Waals surface area contributed by atoms with E-state index >= 15 is 0 Å². The number of hydrogen-bond acceptors (Lipinski definition) is 3. The van der Waals surface area contributed by atoms with Gasteiger partial charge in [-0.15, -0.1) is 0 Å². The molecule has 0 atom stereocenters. The molecule has 4 aliphatic rings. The first kappa shape index (κ1) is 25.4. The minimum Gasteiger partial charge on any atom is -0.493 e. The fraction of sp³-hybridized carbons (Fsp3) is 0.500. The van der Waals surface area contributed by atoms with Crippen molar-refractivity contribution in [1.82, 2.24) is 0 Å². The van der Waals surface area contributed by atoms with E-state index in [2.05, 4.69) is 30.3 Å². The Balaban J connectivity index is 1.31. The van der Waals surface area contributed by atoms with Gasteiger partial charge in [-0.3, -0.25) is 0 Å². The summed E-state index contributed by atoms with van der Waals surface area (Å²) in [5, 5.41) is 20.7. The molecule has 38 heavy (non-hydrogen) atoms. The maximum Gasteiger partial charge on any atom is 0.335 e. The van der Waals surface area contributed by atoms with Gasteiger partial charge in [-0.25, -0.2) is 4.79 Å². The van der Waals surface area contributed by atoms with E-state index in [1.807, 2.05) is 12.1 Å². The topological polar surface area (TPSA) is 66.8 Å². The number of aliphatic hydroxyl groups is 1. The van der Waals surface area contributed by atoms with Gasteiger partial charge in [-0.05, 0) is 127 Å². The molecule has 4 fully saturated rings. The second kappa shape index (κ2) is 10.7. The van der Waals surface area contributed by atoms with Crippen LogP contribution >= 0.6 is 0 Å². The molecule has 0 amide bonds. The van der Waals surface area contributed by atoms with Crippen LogP contribution in [0.3, 0.4) is 0 Å². The summed E-state index contributed by atoms with van der Waals surface area (Å²) in [5.74, 6) is 2.81. The van der Waals surface area contributed by atoms with Crippen LogP contribution in [0.25, 0.3) is 21.9 Å². The molecule has 3 aromatic rings. The normalized spacial score (nSPS) is 25.7. The lowest BCUT2D eigenvalue weighted by Crippen LogP contribution is -2.48. The van der Waals surface area contributed by atoms with Gasteiger partial charge in [-0.2, -0.15) is 0 Å². The highest BCUT2D eigenvalue weighted by atomic mass is 16.5. The number of hydrogen-bond donors (Lipinski definition) is 2. The van der Waals surface area contributed by atoms with E-state index in [1.54, 1.807) is 12.1 Å². The van der Waals surface area contributed by atoms with Crippen molar-refractivity contribution in [2.24, 2.45) is 17.8 Å². The summed E-state index contributed by atoms with van der Waals surface area (Å²) in [6, 6.07) is 18.5. The number of benzene rings is 3. The number of carbonyl (C=O) groups is 1. The van der Waals surface area contributed by atoms with Gasteiger partial charge in [-0.1, -0.05) is 43.5 Å². The van der Waals surface area contributed by atoms with E-state index in [1.165, 1.54) is 54.9 Å². The van der Waals surface area contributed by atoms with Crippen LogP contribution in [0.4, 0.5) is 0 Å². The van der Waals surface area contributed by atoms with Crippen LogP contribution in [0.2, 0.25) is 0 Å². The Bertz CT molecular complexity index is 1260. The second-order valence-electron chi connectivity index (χ2n) is 12.3. The third-order valence-electron chi connectivity index (χ3n) is 9.57. The van der Waals surface area contributed by atoms with Crippen molar-refractivity contribution in [3.05, 3.63) is 65.7 Å². The molecule has 0 aromatic heterocycles. The first-order valence-corrected chi connectivity index (χ1v) is 14.7. The number of carboxylic acid groups (broad SMARTS) is 1. The Morgan fingerprint density at radius 3 is 2.05 bits per heavy atom. The van der Waals surface area contributed by atoms with Crippen LogP contribution in [-0.4, -0.2) is 29.4 Å². The Labute approximate surface area is 226 Å². The van der Waals surface area contributed by atoms with E-state index < -0.39 is 5.97 Å². The third kappa shape index (κ3) is 5.08. The lowest BCUT2D eigenvalue weighted by molar-refractivity contribution is -0.00633.